The molecule has 0 bridgehead atoms. The first-order chi connectivity index (χ1) is 10.6. The Labute approximate surface area is 128 Å². The van der Waals surface area contributed by atoms with E-state index < -0.39 is 0 Å². The van der Waals surface area contributed by atoms with Crippen molar-refractivity contribution in [3.05, 3.63) is 59.9 Å². The summed E-state index contributed by atoms with van der Waals surface area (Å²) >= 11 is 0. The molecule has 0 saturated heterocycles. The van der Waals surface area contributed by atoms with E-state index in [2.05, 4.69) is 10.3 Å². The fourth-order valence-corrected chi connectivity index (χ4v) is 2.73. The number of phenolic OH excluding ortho intramolecular Hbond substituents is 1. The van der Waals surface area contributed by atoms with E-state index in [1.165, 1.54) is 12.1 Å². The number of carbonyl (C=O) groups is 1. The molecule has 5 nitrogen and oxygen atoms in total. The molecular formula is C17H18N2O3. The SMILES string of the molecule is O=C(NC(c1ccccn1)C1CC(O)C1)c1ccc(O)cc1. The van der Waals surface area contributed by atoms with E-state index in [1.807, 2.05) is 18.2 Å². The largest absolute Gasteiger partial charge is 0.508 e. The molecule has 3 rings (SSSR count). The maximum absolute atomic E-state index is 12.4. The van der Waals surface area contributed by atoms with Gasteiger partial charge in [0.05, 0.1) is 17.8 Å². The number of carbonyl (C=O) groups excluding carboxylic acids is 1. The Hall–Kier alpha value is -2.40. The minimum Gasteiger partial charge on any atom is -0.508 e. The lowest BCUT2D eigenvalue weighted by Crippen LogP contribution is -2.41. The fourth-order valence-electron chi connectivity index (χ4n) is 2.73. The van der Waals surface area contributed by atoms with Crippen LogP contribution in [-0.2, 0) is 0 Å². The van der Waals surface area contributed by atoms with Gasteiger partial charge in [-0.2, -0.15) is 0 Å². The van der Waals surface area contributed by atoms with E-state index >= 15 is 0 Å². The second-order valence-corrected chi connectivity index (χ2v) is 5.64. The number of rotatable bonds is 4. The third-order valence-electron chi connectivity index (χ3n) is 4.04. The summed E-state index contributed by atoms with van der Waals surface area (Å²) in [4.78, 5) is 16.7. The zero-order valence-corrected chi connectivity index (χ0v) is 12.0. The number of aliphatic hydroxyl groups is 1. The molecule has 0 aliphatic heterocycles. The van der Waals surface area contributed by atoms with Crippen LogP contribution in [0.15, 0.2) is 48.7 Å². The van der Waals surface area contributed by atoms with Crippen LogP contribution >= 0.6 is 0 Å². The number of pyridine rings is 1. The standard InChI is InChI=1S/C17H18N2O3/c20-13-6-4-11(5-7-13)17(22)19-16(12-9-14(21)10-12)15-3-1-2-8-18-15/h1-8,12,14,16,20-21H,9-10H2,(H,19,22). The maximum atomic E-state index is 12.4. The van der Waals surface area contributed by atoms with Gasteiger partial charge in [0.15, 0.2) is 0 Å². The normalized spacial score (nSPS) is 21.7. The van der Waals surface area contributed by atoms with Crippen molar-refractivity contribution in [2.75, 3.05) is 0 Å². The summed E-state index contributed by atoms with van der Waals surface area (Å²) in [5.41, 5.74) is 1.28. The van der Waals surface area contributed by atoms with E-state index in [4.69, 9.17) is 0 Å². The predicted octanol–water partition coefficient (Wildman–Crippen LogP) is 2.03. The average molecular weight is 298 g/mol. The highest BCUT2D eigenvalue weighted by Crippen LogP contribution is 2.37. The first kappa shape index (κ1) is 14.5. The van der Waals surface area contributed by atoms with Crippen LogP contribution in [-0.4, -0.2) is 27.2 Å². The van der Waals surface area contributed by atoms with E-state index in [9.17, 15) is 15.0 Å². The molecule has 1 atom stereocenters. The molecule has 1 aromatic carbocycles. The molecule has 0 radical (unpaired) electrons. The smallest absolute Gasteiger partial charge is 0.251 e. The molecule has 1 fully saturated rings. The van der Waals surface area contributed by atoms with E-state index in [-0.39, 0.29) is 29.7 Å². The Morgan fingerprint density at radius 1 is 1.18 bits per heavy atom. The lowest BCUT2D eigenvalue weighted by molar-refractivity contribution is 0.0228. The molecule has 1 heterocycles. The molecular weight excluding hydrogens is 280 g/mol. The summed E-state index contributed by atoms with van der Waals surface area (Å²) in [6, 6.07) is 11.5. The van der Waals surface area contributed by atoms with Crippen molar-refractivity contribution in [1.82, 2.24) is 10.3 Å². The van der Waals surface area contributed by atoms with Crippen molar-refractivity contribution >= 4 is 5.91 Å². The second kappa shape index (κ2) is 6.15. The lowest BCUT2D eigenvalue weighted by atomic mass is 9.76. The van der Waals surface area contributed by atoms with Gasteiger partial charge in [0.1, 0.15) is 5.75 Å². The minimum atomic E-state index is -0.290. The zero-order chi connectivity index (χ0) is 15.5. The third-order valence-corrected chi connectivity index (χ3v) is 4.04. The van der Waals surface area contributed by atoms with Crippen molar-refractivity contribution < 1.29 is 15.0 Å². The van der Waals surface area contributed by atoms with Gasteiger partial charge in [-0.05, 0) is 55.2 Å². The molecule has 1 amide bonds. The van der Waals surface area contributed by atoms with Gasteiger partial charge in [-0.1, -0.05) is 6.07 Å². The van der Waals surface area contributed by atoms with Crippen molar-refractivity contribution in [3.8, 4) is 5.75 Å². The molecule has 1 saturated carbocycles. The van der Waals surface area contributed by atoms with Gasteiger partial charge in [0.25, 0.3) is 5.91 Å². The second-order valence-electron chi connectivity index (χ2n) is 5.64. The lowest BCUT2D eigenvalue weighted by Gasteiger charge is -2.37. The highest BCUT2D eigenvalue weighted by molar-refractivity contribution is 5.94. The van der Waals surface area contributed by atoms with Crippen LogP contribution < -0.4 is 5.32 Å². The van der Waals surface area contributed by atoms with Crippen LogP contribution in [0.1, 0.15) is 34.9 Å². The number of hydrogen-bond donors (Lipinski definition) is 3. The summed E-state index contributed by atoms with van der Waals surface area (Å²) in [6.07, 6.45) is 2.74. The number of aliphatic hydroxyl groups excluding tert-OH is 1. The Kier molecular flexibility index (Phi) is 4.06. The summed E-state index contributed by atoms with van der Waals surface area (Å²) in [7, 11) is 0. The number of nitrogens with zero attached hydrogens (tertiary/aromatic N) is 1. The number of nitrogens with one attached hydrogen (secondary N) is 1. The number of phenols is 1. The number of amides is 1. The van der Waals surface area contributed by atoms with Crippen LogP contribution in [0.5, 0.6) is 5.75 Å². The molecule has 5 heteroatoms. The van der Waals surface area contributed by atoms with Gasteiger partial charge >= 0.3 is 0 Å². The third kappa shape index (κ3) is 3.09. The van der Waals surface area contributed by atoms with Gasteiger partial charge in [-0.25, -0.2) is 0 Å². The van der Waals surface area contributed by atoms with Crippen LogP contribution in [0.3, 0.4) is 0 Å². The number of benzene rings is 1. The Balaban J connectivity index is 1.78. The van der Waals surface area contributed by atoms with Gasteiger partial charge in [-0.3, -0.25) is 9.78 Å². The van der Waals surface area contributed by atoms with Crippen LogP contribution in [0.2, 0.25) is 0 Å². The van der Waals surface area contributed by atoms with Crippen LogP contribution in [0, 0.1) is 5.92 Å². The first-order valence-electron chi connectivity index (χ1n) is 7.32. The van der Waals surface area contributed by atoms with E-state index in [1.54, 1.807) is 18.3 Å². The van der Waals surface area contributed by atoms with Crippen LogP contribution in [0.4, 0.5) is 0 Å². The first-order valence-corrected chi connectivity index (χ1v) is 7.32. The van der Waals surface area contributed by atoms with Crippen molar-refractivity contribution in [1.29, 1.82) is 0 Å². The van der Waals surface area contributed by atoms with Gasteiger partial charge in [-0.15, -0.1) is 0 Å². The summed E-state index contributed by atoms with van der Waals surface area (Å²) in [6.45, 7) is 0. The Bertz CT molecular complexity index is 637. The van der Waals surface area contributed by atoms with E-state index in [0.717, 1.165) is 5.69 Å². The van der Waals surface area contributed by atoms with E-state index in [0.29, 0.717) is 18.4 Å². The highest BCUT2D eigenvalue weighted by Gasteiger charge is 2.36. The minimum absolute atomic E-state index is 0.125. The molecule has 1 aliphatic rings. The van der Waals surface area contributed by atoms with Crippen LogP contribution in [0.25, 0.3) is 0 Å². The molecule has 1 aromatic heterocycles. The van der Waals surface area contributed by atoms with Crippen molar-refractivity contribution in [2.45, 2.75) is 25.0 Å². The highest BCUT2D eigenvalue weighted by atomic mass is 16.3. The average Bonchev–Trinajstić information content (AvgIpc) is 2.51. The summed E-state index contributed by atoms with van der Waals surface area (Å²) in [5, 5.41) is 21.8. The molecule has 22 heavy (non-hydrogen) atoms. The molecule has 1 unspecified atom stereocenters. The van der Waals surface area contributed by atoms with Gasteiger partial charge < -0.3 is 15.5 Å². The molecule has 2 aromatic rings. The summed E-state index contributed by atoms with van der Waals surface area (Å²) in [5.74, 6) is 0.1000. The number of aromatic hydroxyl groups is 1. The maximum Gasteiger partial charge on any atom is 0.251 e. The molecule has 0 spiro atoms. The summed E-state index contributed by atoms with van der Waals surface area (Å²) < 4.78 is 0. The van der Waals surface area contributed by atoms with Crippen molar-refractivity contribution in [2.24, 2.45) is 5.92 Å². The topological polar surface area (TPSA) is 82.5 Å². The quantitative estimate of drug-likeness (QED) is 0.806. The Morgan fingerprint density at radius 3 is 2.50 bits per heavy atom. The Morgan fingerprint density at radius 2 is 1.91 bits per heavy atom. The fraction of sp³-hybridized carbons (Fsp3) is 0.294. The molecule has 114 valence electrons. The number of aromatic nitrogens is 1. The van der Waals surface area contributed by atoms with Gasteiger partial charge in [0.2, 0.25) is 0 Å². The predicted molar refractivity (Wildman–Crippen MR) is 81.3 cm³/mol. The van der Waals surface area contributed by atoms with Crippen molar-refractivity contribution in [3.63, 3.8) is 0 Å². The molecule has 1 aliphatic carbocycles. The monoisotopic (exact) mass is 298 g/mol. The zero-order valence-electron chi connectivity index (χ0n) is 12.0. The van der Waals surface area contributed by atoms with Gasteiger partial charge in [0, 0.05) is 11.8 Å². The molecule has 3 N–H and O–H groups in total. The number of hydrogen-bond acceptors (Lipinski definition) is 4.